The number of fused-ring (bicyclic) bond motifs is 2. The highest BCUT2D eigenvalue weighted by Gasteiger charge is 2.34. The van der Waals surface area contributed by atoms with Gasteiger partial charge in [-0.2, -0.15) is 5.10 Å². The molecule has 1 fully saturated rings. The Hall–Kier alpha value is -2.27. The first-order valence-electron chi connectivity index (χ1n) is 8.55. The van der Waals surface area contributed by atoms with E-state index in [4.69, 9.17) is 5.10 Å². The van der Waals surface area contributed by atoms with Crippen LogP contribution >= 0.6 is 11.3 Å². The summed E-state index contributed by atoms with van der Waals surface area (Å²) < 4.78 is 15.1. The zero-order chi connectivity index (χ0) is 17.2. The molecular formula is C20H20FN3S. The highest BCUT2D eigenvalue weighted by atomic mass is 32.1. The van der Waals surface area contributed by atoms with Crippen LogP contribution in [0.2, 0.25) is 0 Å². The third-order valence-electron chi connectivity index (χ3n) is 4.88. The van der Waals surface area contributed by atoms with E-state index >= 15 is 0 Å². The van der Waals surface area contributed by atoms with E-state index in [9.17, 15) is 4.39 Å². The molecule has 1 aromatic heterocycles. The number of benzene rings is 1. The van der Waals surface area contributed by atoms with Gasteiger partial charge in [-0.15, -0.1) is 17.9 Å². The Morgan fingerprint density at radius 2 is 2.08 bits per heavy atom. The predicted octanol–water partition coefficient (Wildman–Crippen LogP) is 4.49. The maximum absolute atomic E-state index is 13.2. The second-order valence-electron chi connectivity index (χ2n) is 6.56. The third-order valence-corrected chi connectivity index (χ3v) is 5.74. The number of rotatable bonds is 5. The van der Waals surface area contributed by atoms with Crippen LogP contribution in [0.15, 0.2) is 64.5 Å². The molecule has 0 saturated heterocycles. The number of hydrogen-bond donors (Lipinski definition) is 0. The Kier molecular flexibility index (Phi) is 4.49. The van der Waals surface area contributed by atoms with E-state index in [1.54, 1.807) is 29.5 Å². The van der Waals surface area contributed by atoms with Crippen LogP contribution in [-0.2, 0) is 0 Å². The van der Waals surface area contributed by atoms with Crippen LogP contribution in [0.1, 0.15) is 12.8 Å². The largest absolute Gasteiger partial charge is 0.253 e. The van der Waals surface area contributed by atoms with Crippen molar-refractivity contribution in [3.8, 4) is 11.3 Å². The predicted molar refractivity (Wildman–Crippen MR) is 101 cm³/mol. The first-order valence-corrected chi connectivity index (χ1v) is 9.43. The molecule has 5 heteroatoms. The molecule has 1 saturated carbocycles. The van der Waals surface area contributed by atoms with Gasteiger partial charge in [-0.05, 0) is 48.9 Å². The Balaban J connectivity index is 1.70. The van der Waals surface area contributed by atoms with Crippen molar-refractivity contribution in [3.63, 3.8) is 0 Å². The zero-order valence-corrected chi connectivity index (χ0v) is 14.7. The number of thiazole rings is 1. The van der Waals surface area contributed by atoms with E-state index in [1.165, 1.54) is 25.0 Å². The molecule has 2 aliphatic rings. The van der Waals surface area contributed by atoms with Crippen LogP contribution in [0.3, 0.4) is 0 Å². The molecule has 0 spiro atoms. The molecule has 3 nitrogen and oxygen atoms in total. The van der Waals surface area contributed by atoms with Crippen molar-refractivity contribution in [2.24, 2.45) is 27.8 Å². The monoisotopic (exact) mass is 353 g/mol. The van der Waals surface area contributed by atoms with Crippen LogP contribution in [0.25, 0.3) is 11.3 Å². The number of hydrogen-bond acceptors (Lipinski definition) is 3. The fourth-order valence-corrected chi connectivity index (χ4v) is 4.48. The van der Waals surface area contributed by atoms with E-state index in [0.29, 0.717) is 18.4 Å². The molecule has 3 atom stereocenters. The Bertz CT molecular complexity index is 888. The maximum Gasteiger partial charge on any atom is 0.206 e. The zero-order valence-electron chi connectivity index (χ0n) is 13.9. The van der Waals surface area contributed by atoms with Crippen molar-refractivity contribution in [3.05, 3.63) is 65.1 Å². The van der Waals surface area contributed by atoms with Crippen molar-refractivity contribution >= 4 is 17.6 Å². The highest BCUT2D eigenvalue weighted by Crippen LogP contribution is 2.42. The lowest BCUT2D eigenvalue weighted by molar-refractivity contribution is 0.589. The van der Waals surface area contributed by atoms with Crippen LogP contribution in [0.4, 0.5) is 4.39 Å². The van der Waals surface area contributed by atoms with Crippen molar-refractivity contribution < 1.29 is 4.39 Å². The summed E-state index contributed by atoms with van der Waals surface area (Å²) >= 11 is 1.54. The second-order valence-corrected chi connectivity index (χ2v) is 7.40. The van der Waals surface area contributed by atoms with Gasteiger partial charge in [-0.25, -0.2) is 9.07 Å². The molecule has 4 rings (SSSR count). The average Bonchev–Trinajstić information content (AvgIpc) is 3.34. The quantitative estimate of drug-likeness (QED) is 0.560. The van der Waals surface area contributed by atoms with Gasteiger partial charge >= 0.3 is 0 Å². The molecular weight excluding hydrogens is 333 g/mol. The lowest BCUT2D eigenvalue weighted by Gasteiger charge is -2.12. The fraction of sp³-hybridized carbons (Fsp3) is 0.300. The minimum absolute atomic E-state index is 0.237. The molecule has 2 bridgehead atoms. The topological polar surface area (TPSA) is 29.6 Å². The molecule has 0 N–H and O–H groups in total. The number of aromatic nitrogens is 1. The van der Waals surface area contributed by atoms with Gasteiger partial charge in [0.05, 0.1) is 12.2 Å². The van der Waals surface area contributed by atoms with Gasteiger partial charge in [0.2, 0.25) is 4.80 Å². The van der Waals surface area contributed by atoms with E-state index in [2.05, 4.69) is 29.9 Å². The highest BCUT2D eigenvalue weighted by molar-refractivity contribution is 7.07. The smallest absolute Gasteiger partial charge is 0.206 e. The minimum atomic E-state index is -0.237. The molecule has 3 unspecified atom stereocenters. The first kappa shape index (κ1) is 16.2. The Morgan fingerprint density at radius 3 is 2.76 bits per heavy atom. The molecule has 25 heavy (non-hydrogen) atoms. The summed E-state index contributed by atoms with van der Waals surface area (Å²) in [6, 6.07) is 6.51. The summed E-state index contributed by atoms with van der Waals surface area (Å²) in [5, 5.41) is 6.79. The summed E-state index contributed by atoms with van der Waals surface area (Å²) in [6.45, 7) is 4.28. The van der Waals surface area contributed by atoms with Crippen molar-refractivity contribution in [1.82, 2.24) is 4.68 Å². The van der Waals surface area contributed by atoms with Crippen LogP contribution in [0, 0.1) is 23.6 Å². The van der Waals surface area contributed by atoms with Crippen LogP contribution in [-0.4, -0.2) is 17.4 Å². The van der Waals surface area contributed by atoms with Gasteiger partial charge in [0.15, 0.2) is 0 Å². The van der Waals surface area contributed by atoms with Gasteiger partial charge in [-0.1, -0.05) is 18.2 Å². The van der Waals surface area contributed by atoms with Crippen molar-refractivity contribution in [2.45, 2.75) is 12.8 Å². The summed E-state index contributed by atoms with van der Waals surface area (Å²) in [7, 11) is 0. The number of nitrogens with zero attached hydrogens (tertiary/aromatic N) is 3. The summed E-state index contributed by atoms with van der Waals surface area (Å²) in [5.74, 6) is 1.60. The lowest BCUT2D eigenvalue weighted by atomic mass is 9.95. The van der Waals surface area contributed by atoms with Gasteiger partial charge in [0.1, 0.15) is 5.82 Å². The molecule has 0 radical (unpaired) electrons. The minimum Gasteiger partial charge on any atom is -0.253 e. The van der Waals surface area contributed by atoms with E-state index in [1.807, 2.05) is 10.1 Å². The molecule has 2 aromatic rings. The van der Waals surface area contributed by atoms with Gasteiger partial charge in [0, 0.05) is 23.1 Å². The summed E-state index contributed by atoms with van der Waals surface area (Å²) in [4.78, 5) is 5.37. The lowest BCUT2D eigenvalue weighted by Crippen LogP contribution is -2.15. The van der Waals surface area contributed by atoms with Gasteiger partial charge in [-0.3, -0.25) is 4.99 Å². The average molecular weight is 353 g/mol. The van der Waals surface area contributed by atoms with E-state index in [-0.39, 0.29) is 5.82 Å². The first-order chi connectivity index (χ1) is 12.2. The SMILES string of the molecule is C=CCN=c1scc(-c2ccc(F)cc2)n1N=CC1CC2C=CC1C2. The molecule has 0 aliphatic heterocycles. The fourth-order valence-electron chi connectivity index (χ4n) is 3.63. The van der Waals surface area contributed by atoms with E-state index in [0.717, 1.165) is 22.0 Å². The maximum atomic E-state index is 13.2. The van der Waals surface area contributed by atoms with Gasteiger partial charge < -0.3 is 0 Å². The number of halogens is 1. The second kappa shape index (κ2) is 6.92. The Labute approximate surface area is 150 Å². The molecule has 1 aromatic carbocycles. The normalized spacial score (nSPS) is 25.3. The van der Waals surface area contributed by atoms with Crippen molar-refractivity contribution in [1.29, 1.82) is 0 Å². The molecule has 1 heterocycles. The third kappa shape index (κ3) is 3.29. The standard InChI is InChI=1S/C20H20FN3S/c1-2-9-22-20-24(23-12-17-11-14-3-4-16(17)10-14)19(13-25-20)15-5-7-18(21)8-6-15/h2-8,12-14,16-17H,1,9-11H2. The van der Waals surface area contributed by atoms with Crippen molar-refractivity contribution in [2.75, 3.05) is 6.54 Å². The number of allylic oxidation sites excluding steroid dienone is 2. The Morgan fingerprint density at radius 1 is 1.24 bits per heavy atom. The molecule has 128 valence electrons. The summed E-state index contributed by atoms with van der Waals surface area (Å²) in [5.41, 5.74) is 1.87. The van der Waals surface area contributed by atoms with Gasteiger partial charge in [0.25, 0.3) is 0 Å². The molecule has 0 amide bonds. The van der Waals surface area contributed by atoms with Crippen LogP contribution < -0.4 is 4.80 Å². The van der Waals surface area contributed by atoms with E-state index < -0.39 is 0 Å². The summed E-state index contributed by atoms with van der Waals surface area (Å²) in [6.07, 6.45) is 10.9. The molecule has 2 aliphatic carbocycles. The van der Waals surface area contributed by atoms with Crippen LogP contribution in [0.5, 0.6) is 0 Å².